The topological polar surface area (TPSA) is 71.1 Å². The largest absolute Gasteiger partial charge is 0.496 e. The molecule has 1 aliphatic rings. The Kier molecular flexibility index (Phi) is 7.21. The number of methoxy groups -OCH3 is 2. The molecule has 0 spiro atoms. The van der Waals surface area contributed by atoms with E-state index >= 15 is 0 Å². The van der Waals surface area contributed by atoms with Gasteiger partial charge >= 0.3 is 5.97 Å². The van der Waals surface area contributed by atoms with E-state index in [0.29, 0.717) is 37.0 Å². The summed E-state index contributed by atoms with van der Waals surface area (Å²) in [4.78, 5) is 24.6. The number of esters is 1. The standard InChI is InChI=1S/C25H30O6/c1-17-14-19(7-9-22(17)28-3)24(27)30-20-6-5-12-25(16-26,13-11-20)31-21-8-10-23(29-4)18(2)15-21/h7-10,14-16,20H,5-6,11-13H2,1-4H3. The van der Waals surface area contributed by atoms with E-state index in [0.717, 1.165) is 35.3 Å². The highest BCUT2D eigenvalue weighted by atomic mass is 16.5. The Morgan fingerprint density at radius 3 is 2.26 bits per heavy atom. The van der Waals surface area contributed by atoms with E-state index in [1.165, 1.54) is 0 Å². The van der Waals surface area contributed by atoms with Crippen molar-refractivity contribution in [2.24, 2.45) is 0 Å². The number of ether oxygens (including phenoxy) is 4. The lowest BCUT2D eigenvalue weighted by Crippen LogP contribution is -2.37. The van der Waals surface area contributed by atoms with Crippen LogP contribution in [0.4, 0.5) is 0 Å². The van der Waals surface area contributed by atoms with E-state index in [1.54, 1.807) is 32.4 Å². The number of benzene rings is 2. The molecule has 0 amide bonds. The Balaban J connectivity index is 1.65. The van der Waals surface area contributed by atoms with Crippen LogP contribution in [0.15, 0.2) is 36.4 Å². The molecule has 6 nitrogen and oxygen atoms in total. The first-order valence-electron chi connectivity index (χ1n) is 10.6. The van der Waals surface area contributed by atoms with Crippen molar-refractivity contribution in [1.82, 2.24) is 0 Å². The van der Waals surface area contributed by atoms with Crippen molar-refractivity contribution in [3.05, 3.63) is 53.1 Å². The molecule has 0 radical (unpaired) electrons. The molecule has 0 N–H and O–H groups in total. The molecular formula is C25H30O6. The van der Waals surface area contributed by atoms with Crippen molar-refractivity contribution in [2.75, 3.05) is 14.2 Å². The summed E-state index contributed by atoms with van der Waals surface area (Å²) in [6.45, 7) is 3.82. The van der Waals surface area contributed by atoms with Crippen LogP contribution < -0.4 is 14.2 Å². The van der Waals surface area contributed by atoms with Crippen LogP contribution in [0.2, 0.25) is 0 Å². The number of carbonyl (C=O) groups excluding carboxylic acids is 2. The quantitative estimate of drug-likeness (QED) is 0.359. The summed E-state index contributed by atoms with van der Waals surface area (Å²) in [5, 5.41) is 0. The second-order valence-corrected chi connectivity index (χ2v) is 8.06. The Morgan fingerprint density at radius 2 is 1.65 bits per heavy atom. The van der Waals surface area contributed by atoms with E-state index in [-0.39, 0.29) is 12.1 Å². The third kappa shape index (κ3) is 5.37. The van der Waals surface area contributed by atoms with Gasteiger partial charge in [0.05, 0.1) is 19.8 Å². The van der Waals surface area contributed by atoms with E-state index in [1.807, 2.05) is 32.0 Å². The van der Waals surface area contributed by atoms with Crippen LogP contribution >= 0.6 is 0 Å². The normalized spacial score (nSPS) is 21.0. The van der Waals surface area contributed by atoms with Gasteiger partial charge in [-0.3, -0.25) is 4.79 Å². The van der Waals surface area contributed by atoms with Gasteiger partial charge in [0.1, 0.15) is 23.4 Å². The van der Waals surface area contributed by atoms with Gasteiger partial charge < -0.3 is 18.9 Å². The minimum Gasteiger partial charge on any atom is -0.496 e. The molecule has 2 aromatic rings. The Bertz CT molecular complexity index is 938. The van der Waals surface area contributed by atoms with Crippen LogP contribution in [0.1, 0.15) is 53.6 Å². The van der Waals surface area contributed by atoms with Gasteiger partial charge in [-0.2, -0.15) is 0 Å². The predicted molar refractivity (Wildman–Crippen MR) is 117 cm³/mol. The molecule has 2 unspecified atom stereocenters. The summed E-state index contributed by atoms with van der Waals surface area (Å²) in [6.07, 6.45) is 3.70. The maximum Gasteiger partial charge on any atom is 0.338 e. The molecular weight excluding hydrogens is 396 g/mol. The van der Waals surface area contributed by atoms with E-state index < -0.39 is 5.60 Å². The van der Waals surface area contributed by atoms with E-state index in [2.05, 4.69) is 0 Å². The first-order valence-corrected chi connectivity index (χ1v) is 10.6. The molecule has 0 heterocycles. The summed E-state index contributed by atoms with van der Waals surface area (Å²) >= 11 is 0. The molecule has 1 saturated carbocycles. The summed E-state index contributed by atoms with van der Waals surface area (Å²) < 4.78 is 22.4. The molecule has 6 heteroatoms. The zero-order valence-electron chi connectivity index (χ0n) is 18.6. The van der Waals surface area contributed by atoms with Crippen molar-refractivity contribution in [2.45, 2.75) is 57.7 Å². The molecule has 2 atom stereocenters. The predicted octanol–water partition coefficient (Wildman–Crippen LogP) is 4.83. The van der Waals surface area contributed by atoms with Crippen molar-refractivity contribution in [1.29, 1.82) is 0 Å². The van der Waals surface area contributed by atoms with Gasteiger partial charge in [-0.1, -0.05) is 0 Å². The van der Waals surface area contributed by atoms with Crippen molar-refractivity contribution in [3.63, 3.8) is 0 Å². The van der Waals surface area contributed by atoms with Gasteiger partial charge in [0.2, 0.25) is 0 Å². The lowest BCUT2D eigenvalue weighted by molar-refractivity contribution is -0.122. The Labute approximate surface area is 183 Å². The number of aldehydes is 1. The van der Waals surface area contributed by atoms with Crippen LogP contribution in [0, 0.1) is 13.8 Å². The molecule has 3 rings (SSSR count). The summed E-state index contributed by atoms with van der Waals surface area (Å²) in [7, 11) is 3.22. The number of hydrogen-bond acceptors (Lipinski definition) is 6. The Hall–Kier alpha value is -3.02. The molecule has 31 heavy (non-hydrogen) atoms. The fourth-order valence-electron chi connectivity index (χ4n) is 4.04. The molecule has 0 bridgehead atoms. The van der Waals surface area contributed by atoms with Gasteiger partial charge in [0.15, 0.2) is 11.9 Å². The summed E-state index contributed by atoms with van der Waals surface area (Å²) in [6, 6.07) is 10.8. The second-order valence-electron chi connectivity index (χ2n) is 8.06. The second kappa shape index (κ2) is 9.86. The summed E-state index contributed by atoms with van der Waals surface area (Å²) in [5.41, 5.74) is 1.39. The van der Waals surface area contributed by atoms with Crippen LogP contribution in [0.25, 0.3) is 0 Å². The minimum atomic E-state index is -0.918. The van der Waals surface area contributed by atoms with E-state index in [4.69, 9.17) is 18.9 Å². The van der Waals surface area contributed by atoms with Gasteiger partial charge in [0, 0.05) is 0 Å². The van der Waals surface area contributed by atoms with Gasteiger partial charge in [-0.25, -0.2) is 4.79 Å². The third-order valence-electron chi connectivity index (χ3n) is 5.82. The Morgan fingerprint density at radius 1 is 0.968 bits per heavy atom. The highest BCUT2D eigenvalue weighted by Crippen LogP contribution is 2.34. The highest BCUT2D eigenvalue weighted by Gasteiger charge is 2.36. The lowest BCUT2D eigenvalue weighted by Gasteiger charge is -2.28. The van der Waals surface area contributed by atoms with Crippen LogP contribution in [-0.4, -0.2) is 38.2 Å². The monoisotopic (exact) mass is 426 g/mol. The first kappa shape index (κ1) is 22.7. The van der Waals surface area contributed by atoms with Crippen LogP contribution in [0.5, 0.6) is 17.2 Å². The SMILES string of the molecule is COc1ccc(OC2(C=O)CCCC(OC(=O)c3ccc(OC)c(C)c3)CC2)cc1C. The van der Waals surface area contributed by atoms with Crippen LogP contribution in [0.3, 0.4) is 0 Å². The van der Waals surface area contributed by atoms with E-state index in [9.17, 15) is 9.59 Å². The smallest absolute Gasteiger partial charge is 0.338 e. The molecule has 0 aliphatic heterocycles. The molecule has 166 valence electrons. The third-order valence-corrected chi connectivity index (χ3v) is 5.82. The number of hydrogen-bond donors (Lipinski definition) is 0. The van der Waals surface area contributed by atoms with Crippen molar-refractivity contribution in [3.8, 4) is 17.2 Å². The van der Waals surface area contributed by atoms with Gasteiger partial charge in [0.25, 0.3) is 0 Å². The average molecular weight is 427 g/mol. The summed E-state index contributed by atoms with van der Waals surface area (Å²) in [5.74, 6) is 1.78. The van der Waals surface area contributed by atoms with Crippen molar-refractivity contribution >= 4 is 12.3 Å². The fourth-order valence-corrected chi connectivity index (χ4v) is 4.04. The number of carbonyl (C=O) groups is 2. The minimum absolute atomic E-state index is 0.252. The molecule has 0 aromatic heterocycles. The van der Waals surface area contributed by atoms with Gasteiger partial charge in [-0.15, -0.1) is 0 Å². The maximum atomic E-state index is 12.6. The van der Waals surface area contributed by atoms with Crippen molar-refractivity contribution < 1.29 is 28.5 Å². The number of rotatable bonds is 7. The van der Waals surface area contributed by atoms with Gasteiger partial charge in [-0.05, 0) is 93.5 Å². The number of aryl methyl sites for hydroxylation is 2. The fraction of sp³-hybridized carbons (Fsp3) is 0.440. The zero-order valence-corrected chi connectivity index (χ0v) is 18.6. The lowest BCUT2D eigenvalue weighted by atomic mass is 9.96. The molecule has 0 saturated heterocycles. The van der Waals surface area contributed by atoms with Crippen LogP contribution in [-0.2, 0) is 9.53 Å². The zero-order chi connectivity index (χ0) is 22.4. The molecule has 1 aliphatic carbocycles. The first-order chi connectivity index (χ1) is 14.9. The maximum absolute atomic E-state index is 12.6. The molecule has 2 aromatic carbocycles. The average Bonchev–Trinajstić information content (AvgIpc) is 2.96. The molecule has 1 fully saturated rings. The highest BCUT2D eigenvalue weighted by molar-refractivity contribution is 5.90.